The number of hydrogen-bond donors (Lipinski definition) is 2. The molecule has 250 valence electrons. The largest absolute Gasteiger partial charge is 0.496 e. The summed E-state index contributed by atoms with van der Waals surface area (Å²) in [6.45, 7) is 1.77. The van der Waals surface area contributed by atoms with Crippen LogP contribution >= 0.6 is 0 Å². The Morgan fingerprint density at radius 2 is 1.62 bits per heavy atom. The first-order valence-electron chi connectivity index (χ1n) is 15.0. The quantitative estimate of drug-likeness (QED) is 0.141. The molecule has 0 saturated heterocycles. The van der Waals surface area contributed by atoms with Gasteiger partial charge in [-0.1, -0.05) is 0 Å². The summed E-state index contributed by atoms with van der Waals surface area (Å²) in [5, 5.41) is 5.78. The van der Waals surface area contributed by atoms with Crippen molar-refractivity contribution < 1.29 is 37.0 Å². The Balaban J connectivity index is 0.000000236. The zero-order chi connectivity index (χ0) is 34.6. The van der Waals surface area contributed by atoms with E-state index in [0.717, 1.165) is 5.82 Å². The van der Waals surface area contributed by atoms with E-state index in [1.807, 2.05) is 13.1 Å². The maximum atomic E-state index is 15.9. The highest BCUT2D eigenvalue weighted by atomic mass is 19.1. The van der Waals surface area contributed by atoms with Crippen LogP contribution in [0.25, 0.3) is 33.4 Å². The molecule has 10 nitrogen and oxygen atoms in total. The zero-order valence-electron chi connectivity index (χ0n) is 27.4. The van der Waals surface area contributed by atoms with Gasteiger partial charge in [0.05, 0.1) is 29.2 Å². The molecule has 1 aliphatic carbocycles. The van der Waals surface area contributed by atoms with E-state index in [0.29, 0.717) is 41.6 Å². The van der Waals surface area contributed by atoms with Gasteiger partial charge in [0, 0.05) is 57.6 Å². The van der Waals surface area contributed by atoms with Crippen LogP contribution in [0.4, 0.5) is 8.78 Å². The summed E-state index contributed by atoms with van der Waals surface area (Å²) < 4.78 is 51.1. The molecule has 1 saturated carbocycles. The molecule has 1 aliphatic rings. The van der Waals surface area contributed by atoms with Crippen LogP contribution in [0.3, 0.4) is 0 Å². The fourth-order valence-corrected chi connectivity index (χ4v) is 6.00. The van der Waals surface area contributed by atoms with Gasteiger partial charge in [-0.25, -0.2) is 18.7 Å². The van der Waals surface area contributed by atoms with Gasteiger partial charge < -0.3 is 29.3 Å². The molecular formula is C36H36F2N4O6. The molecule has 0 unspecified atom stereocenters. The van der Waals surface area contributed by atoms with Crippen LogP contribution < -0.4 is 15.4 Å². The number of hydrogen-bond acceptors (Lipinski definition) is 9. The first kappa shape index (κ1) is 34.3. The van der Waals surface area contributed by atoms with Gasteiger partial charge in [-0.05, 0) is 79.7 Å². The van der Waals surface area contributed by atoms with E-state index in [1.165, 1.54) is 44.5 Å². The number of benzene rings is 3. The second kappa shape index (κ2) is 14.0. The maximum Gasteiger partial charge on any atom is 0.255 e. The van der Waals surface area contributed by atoms with Crippen LogP contribution in [0.2, 0.25) is 0 Å². The molecule has 1 fully saturated rings. The summed E-state index contributed by atoms with van der Waals surface area (Å²) in [6.07, 6.45) is 5.57. The van der Waals surface area contributed by atoms with Crippen molar-refractivity contribution >= 4 is 23.2 Å². The number of rotatable bonds is 9. The number of amides is 1. The third kappa shape index (κ3) is 6.17. The lowest BCUT2D eigenvalue weighted by molar-refractivity contribution is -0.284. The molecule has 2 heterocycles. The minimum Gasteiger partial charge on any atom is -0.496 e. The minimum absolute atomic E-state index is 0.00375. The summed E-state index contributed by atoms with van der Waals surface area (Å²) in [4.78, 5) is 32.8. The van der Waals surface area contributed by atoms with E-state index in [-0.39, 0.29) is 39.0 Å². The average Bonchev–Trinajstić information content (AvgIpc) is 3.50. The van der Waals surface area contributed by atoms with Crippen LogP contribution in [0, 0.1) is 18.6 Å². The number of ether oxygens (including phenoxy) is 3. The predicted molar refractivity (Wildman–Crippen MR) is 176 cm³/mol. The van der Waals surface area contributed by atoms with Crippen LogP contribution in [-0.4, -0.2) is 63.4 Å². The smallest absolute Gasteiger partial charge is 0.255 e. The zero-order valence-corrected chi connectivity index (χ0v) is 27.4. The Hall–Kier alpha value is -5.04. The number of carbonyl (C=O) groups excluding carboxylic acids is 2. The van der Waals surface area contributed by atoms with E-state index < -0.39 is 23.3 Å². The lowest BCUT2D eigenvalue weighted by atomic mass is 9.70. The Morgan fingerprint density at radius 3 is 2.19 bits per heavy atom. The number of carbonyl (C=O) groups is 2. The Kier molecular flexibility index (Phi) is 9.99. The number of nitrogens with one attached hydrogen (secondary N) is 2. The topological polar surface area (TPSA) is 125 Å². The number of furan rings is 1. The van der Waals surface area contributed by atoms with Gasteiger partial charge in [0.25, 0.3) is 5.91 Å². The normalized spacial score (nSPS) is 14.4. The molecule has 0 aliphatic heterocycles. The molecule has 1 amide bonds. The highest BCUT2D eigenvalue weighted by molar-refractivity contribution is 6.12. The van der Waals surface area contributed by atoms with E-state index in [4.69, 9.17) is 18.6 Å². The first-order valence-corrected chi connectivity index (χ1v) is 15.0. The first-order chi connectivity index (χ1) is 23.1. The number of halogens is 2. The van der Waals surface area contributed by atoms with Gasteiger partial charge in [-0.3, -0.25) is 9.59 Å². The average molecular weight is 659 g/mol. The van der Waals surface area contributed by atoms with E-state index >= 15 is 4.39 Å². The molecule has 3 aromatic carbocycles. The van der Waals surface area contributed by atoms with Crippen LogP contribution in [-0.2, 0) is 15.0 Å². The molecule has 2 N–H and O–H groups in total. The molecule has 48 heavy (non-hydrogen) atoms. The fraction of sp³-hybridized carbons (Fsp3) is 0.278. The third-order valence-electron chi connectivity index (χ3n) is 8.71. The van der Waals surface area contributed by atoms with Gasteiger partial charge in [-0.15, -0.1) is 0 Å². The standard InChI is InChI=1S/C25H19F2NO4.C11H17N3O2/c1-13-10-20(31-3)15(12-29)11-18(13)17-8-9-19-21(23(17)27)22(25(30)28-2)24(32-19)14-4-6-16(26)7-5-14;1-12-10(9-13-5-4-6-14-9)7-11(8-10,15-2)16-3/h4-12H,1-3H3,(H,28,30);4-6,12H,7-8H2,1-3H3. The van der Waals surface area contributed by atoms with Crippen molar-refractivity contribution in [3.05, 3.63) is 101 Å². The highest BCUT2D eigenvalue weighted by Gasteiger charge is 2.57. The summed E-state index contributed by atoms with van der Waals surface area (Å²) in [5.41, 5.74) is 2.05. The SMILES string of the molecule is CNC(=O)c1c(-c2ccc(F)cc2)oc2ccc(-c3cc(C=O)c(OC)cc3C)c(F)c12.CNC1(c2ncccn2)CC(OC)(OC)C1. The number of aromatic nitrogens is 2. The Morgan fingerprint density at radius 1 is 0.958 bits per heavy atom. The van der Waals surface area contributed by atoms with Crippen molar-refractivity contribution in [1.82, 2.24) is 20.6 Å². The summed E-state index contributed by atoms with van der Waals surface area (Å²) in [6, 6.07) is 13.5. The van der Waals surface area contributed by atoms with Gasteiger partial charge in [0.2, 0.25) is 0 Å². The molecule has 0 atom stereocenters. The number of aryl methyl sites for hydroxylation is 1. The predicted octanol–water partition coefficient (Wildman–Crippen LogP) is 6.21. The highest BCUT2D eigenvalue weighted by Crippen LogP contribution is 2.49. The second-order valence-corrected chi connectivity index (χ2v) is 11.3. The third-order valence-corrected chi connectivity index (χ3v) is 8.71. The van der Waals surface area contributed by atoms with E-state index in [9.17, 15) is 14.0 Å². The van der Waals surface area contributed by atoms with Crippen LogP contribution in [0.15, 0.2) is 71.4 Å². The van der Waals surface area contributed by atoms with Gasteiger partial charge in [0.1, 0.15) is 34.6 Å². The minimum atomic E-state index is -0.664. The molecule has 6 rings (SSSR count). The molecule has 5 aromatic rings. The van der Waals surface area contributed by atoms with Crippen LogP contribution in [0.5, 0.6) is 5.75 Å². The number of fused-ring (bicyclic) bond motifs is 1. The lowest BCUT2D eigenvalue weighted by Crippen LogP contribution is -2.63. The molecule has 0 radical (unpaired) electrons. The number of aldehydes is 1. The monoisotopic (exact) mass is 658 g/mol. The number of methoxy groups -OCH3 is 3. The summed E-state index contributed by atoms with van der Waals surface area (Å²) in [7, 11) is 8.11. The molecule has 2 aromatic heterocycles. The molecule has 0 spiro atoms. The van der Waals surface area contributed by atoms with Crippen molar-refractivity contribution in [2.24, 2.45) is 0 Å². The van der Waals surface area contributed by atoms with Crippen molar-refractivity contribution in [2.45, 2.75) is 31.1 Å². The van der Waals surface area contributed by atoms with Gasteiger partial charge in [-0.2, -0.15) is 0 Å². The summed E-state index contributed by atoms with van der Waals surface area (Å²) >= 11 is 0. The Labute approximate surface area is 276 Å². The van der Waals surface area contributed by atoms with Crippen LogP contribution in [0.1, 0.15) is 44.9 Å². The molecular weight excluding hydrogens is 622 g/mol. The van der Waals surface area contributed by atoms with Crippen molar-refractivity contribution in [1.29, 1.82) is 0 Å². The fourth-order valence-electron chi connectivity index (χ4n) is 6.00. The molecule has 0 bridgehead atoms. The summed E-state index contributed by atoms with van der Waals surface area (Å²) in [5.74, 6) is -0.834. The van der Waals surface area contributed by atoms with Crippen molar-refractivity contribution in [3.8, 4) is 28.2 Å². The van der Waals surface area contributed by atoms with E-state index in [2.05, 4.69) is 20.6 Å². The van der Waals surface area contributed by atoms with Gasteiger partial charge >= 0.3 is 0 Å². The van der Waals surface area contributed by atoms with E-state index in [1.54, 1.807) is 51.7 Å². The number of nitrogens with zero attached hydrogens (tertiary/aromatic N) is 2. The lowest BCUT2D eigenvalue weighted by Gasteiger charge is -2.52. The Bertz CT molecular complexity index is 1930. The van der Waals surface area contributed by atoms with Crippen molar-refractivity contribution in [3.63, 3.8) is 0 Å². The van der Waals surface area contributed by atoms with Crippen molar-refractivity contribution in [2.75, 3.05) is 35.4 Å². The van der Waals surface area contributed by atoms with Gasteiger partial charge in [0.15, 0.2) is 12.1 Å². The molecule has 12 heteroatoms. The second-order valence-electron chi connectivity index (χ2n) is 11.3. The maximum absolute atomic E-state index is 15.9.